The maximum Gasteiger partial charge on any atom is 0.240 e. The van der Waals surface area contributed by atoms with Crippen LogP contribution in [0.25, 0.3) is 0 Å². The minimum absolute atomic E-state index is 0.0248. The summed E-state index contributed by atoms with van der Waals surface area (Å²) in [6, 6.07) is 3.68. The molecule has 0 aliphatic carbocycles. The minimum Gasteiger partial charge on any atom is -0.326 e. The highest BCUT2D eigenvalue weighted by atomic mass is 32.2. The Kier molecular flexibility index (Phi) is 5.09. The fourth-order valence-electron chi connectivity index (χ4n) is 2.30. The third-order valence-corrected chi connectivity index (χ3v) is 4.92. The second-order valence-electron chi connectivity index (χ2n) is 4.90. The van der Waals surface area contributed by atoms with Crippen molar-refractivity contribution in [3.8, 4) is 0 Å². The van der Waals surface area contributed by atoms with Crippen LogP contribution < -0.4 is 10.5 Å². The summed E-state index contributed by atoms with van der Waals surface area (Å²) >= 11 is 0. The van der Waals surface area contributed by atoms with Crippen molar-refractivity contribution in [2.45, 2.75) is 24.3 Å². The van der Waals surface area contributed by atoms with E-state index in [2.05, 4.69) is 9.62 Å². The molecule has 3 N–H and O–H groups in total. The van der Waals surface area contributed by atoms with Gasteiger partial charge in [0, 0.05) is 25.2 Å². The van der Waals surface area contributed by atoms with Crippen molar-refractivity contribution < 1.29 is 12.8 Å². The molecule has 0 unspecified atom stereocenters. The third-order valence-electron chi connectivity index (χ3n) is 3.47. The predicted molar refractivity (Wildman–Crippen MR) is 75.2 cm³/mol. The van der Waals surface area contributed by atoms with Crippen LogP contribution in [0.1, 0.15) is 18.4 Å². The molecule has 1 saturated heterocycles. The highest BCUT2D eigenvalue weighted by molar-refractivity contribution is 7.89. The molecule has 1 aromatic carbocycles. The van der Waals surface area contributed by atoms with Crippen LogP contribution >= 0.6 is 0 Å². The number of sulfonamides is 1. The average Bonchev–Trinajstić information content (AvgIpc) is 2.92. The van der Waals surface area contributed by atoms with Crippen LogP contribution in [0.2, 0.25) is 0 Å². The first-order valence-corrected chi connectivity index (χ1v) is 8.22. The van der Waals surface area contributed by atoms with Crippen LogP contribution in [0, 0.1) is 5.82 Å². The lowest BCUT2D eigenvalue weighted by Gasteiger charge is -2.15. The Balaban J connectivity index is 1.98. The van der Waals surface area contributed by atoms with Gasteiger partial charge in [0.2, 0.25) is 10.0 Å². The molecule has 1 aliphatic heterocycles. The second kappa shape index (κ2) is 6.62. The summed E-state index contributed by atoms with van der Waals surface area (Å²) in [5.41, 5.74) is 5.59. The lowest BCUT2D eigenvalue weighted by molar-refractivity contribution is 0.344. The number of hydrogen-bond donors (Lipinski definition) is 2. The van der Waals surface area contributed by atoms with Crippen molar-refractivity contribution in [3.63, 3.8) is 0 Å². The molecule has 0 bridgehead atoms. The number of likely N-dealkylation sites (tertiary alicyclic amines) is 1. The Hall–Kier alpha value is -1.02. The molecule has 5 nitrogen and oxygen atoms in total. The minimum atomic E-state index is -3.60. The van der Waals surface area contributed by atoms with Gasteiger partial charge in [-0.3, -0.25) is 0 Å². The number of halogens is 1. The van der Waals surface area contributed by atoms with E-state index in [0.717, 1.165) is 19.2 Å². The molecule has 0 spiro atoms. The van der Waals surface area contributed by atoms with Crippen molar-refractivity contribution in [3.05, 3.63) is 29.6 Å². The molecule has 0 atom stereocenters. The maximum atomic E-state index is 13.3. The molecule has 1 fully saturated rings. The van der Waals surface area contributed by atoms with Crippen molar-refractivity contribution in [1.29, 1.82) is 0 Å². The SMILES string of the molecule is NCc1cc(S(=O)(=O)NCCN2CCCC2)ccc1F. The quantitative estimate of drug-likeness (QED) is 0.809. The lowest BCUT2D eigenvalue weighted by Crippen LogP contribution is -2.33. The van der Waals surface area contributed by atoms with E-state index < -0.39 is 15.8 Å². The molecule has 112 valence electrons. The number of nitrogens with one attached hydrogen (secondary N) is 1. The van der Waals surface area contributed by atoms with Gasteiger partial charge in [-0.1, -0.05) is 0 Å². The summed E-state index contributed by atoms with van der Waals surface area (Å²) in [5.74, 6) is -0.483. The molecule has 1 aromatic rings. The number of rotatable bonds is 6. The Morgan fingerprint density at radius 2 is 2.00 bits per heavy atom. The van der Waals surface area contributed by atoms with Crippen LogP contribution in [-0.2, 0) is 16.6 Å². The molecule has 0 saturated carbocycles. The maximum absolute atomic E-state index is 13.3. The molecule has 7 heteroatoms. The lowest BCUT2D eigenvalue weighted by atomic mass is 10.2. The van der Waals surface area contributed by atoms with Gasteiger partial charge in [0.25, 0.3) is 0 Å². The number of nitrogens with zero attached hydrogens (tertiary/aromatic N) is 1. The summed E-state index contributed by atoms with van der Waals surface area (Å²) in [7, 11) is -3.60. The van der Waals surface area contributed by atoms with E-state index in [1.54, 1.807) is 0 Å². The first-order chi connectivity index (χ1) is 9.53. The Labute approximate surface area is 119 Å². The van der Waals surface area contributed by atoms with Crippen molar-refractivity contribution >= 4 is 10.0 Å². The van der Waals surface area contributed by atoms with Crippen LogP contribution in [0.4, 0.5) is 4.39 Å². The van der Waals surface area contributed by atoms with Gasteiger partial charge in [0.1, 0.15) is 5.82 Å². The Bertz CT molecular complexity index is 557. The third kappa shape index (κ3) is 3.76. The highest BCUT2D eigenvalue weighted by Gasteiger charge is 2.17. The van der Waals surface area contributed by atoms with Crippen LogP contribution in [0.5, 0.6) is 0 Å². The van der Waals surface area contributed by atoms with E-state index >= 15 is 0 Å². The van der Waals surface area contributed by atoms with Gasteiger partial charge in [-0.2, -0.15) is 0 Å². The number of benzene rings is 1. The van der Waals surface area contributed by atoms with Gasteiger partial charge in [0.05, 0.1) is 4.90 Å². The first kappa shape index (κ1) is 15.4. The average molecular weight is 301 g/mol. The smallest absolute Gasteiger partial charge is 0.240 e. The standard InChI is InChI=1S/C13H20FN3O2S/c14-13-4-3-12(9-11(13)10-15)20(18,19)16-5-8-17-6-1-2-7-17/h3-4,9,16H,1-2,5-8,10,15H2. The molecule has 0 radical (unpaired) electrons. The van der Waals surface area contributed by atoms with E-state index in [4.69, 9.17) is 5.73 Å². The molecule has 0 aromatic heterocycles. The summed E-state index contributed by atoms with van der Waals surface area (Å²) in [6.07, 6.45) is 2.34. The second-order valence-corrected chi connectivity index (χ2v) is 6.67. The monoisotopic (exact) mass is 301 g/mol. The Morgan fingerprint density at radius 3 is 2.65 bits per heavy atom. The van der Waals surface area contributed by atoms with Crippen LogP contribution in [0.3, 0.4) is 0 Å². The molecule has 1 heterocycles. The Morgan fingerprint density at radius 1 is 1.30 bits per heavy atom. The first-order valence-electron chi connectivity index (χ1n) is 6.73. The van der Waals surface area contributed by atoms with E-state index in [-0.39, 0.29) is 17.0 Å². The van der Waals surface area contributed by atoms with Crippen LogP contribution in [-0.4, -0.2) is 39.5 Å². The summed E-state index contributed by atoms with van der Waals surface area (Å²) in [5, 5.41) is 0. The molecule has 2 rings (SSSR count). The highest BCUT2D eigenvalue weighted by Crippen LogP contribution is 2.14. The number of hydrogen-bond acceptors (Lipinski definition) is 4. The largest absolute Gasteiger partial charge is 0.326 e. The van der Waals surface area contributed by atoms with E-state index in [0.29, 0.717) is 13.1 Å². The van der Waals surface area contributed by atoms with Crippen molar-refractivity contribution in [2.24, 2.45) is 5.73 Å². The molecular formula is C13H20FN3O2S. The summed E-state index contributed by atoms with van der Waals surface area (Å²) < 4.78 is 40.0. The van der Waals surface area contributed by atoms with Crippen LogP contribution in [0.15, 0.2) is 23.1 Å². The topological polar surface area (TPSA) is 75.4 Å². The molecule has 0 amide bonds. The van der Waals surface area contributed by atoms with Gasteiger partial charge >= 0.3 is 0 Å². The van der Waals surface area contributed by atoms with E-state index in [9.17, 15) is 12.8 Å². The molecule has 20 heavy (non-hydrogen) atoms. The van der Waals surface area contributed by atoms with Crippen molar-refractivity contribution in [1.82, 2.24) is 9.62 Å². The van der Waals surface area contributed by atoms with Crippen molar-refractivity contribution in [2.75, 3.05) is 26.2 Å². The van der Waals surface area contributed by atoms with Gasteiger partial charge in [0.15, 0.2) is 0 Å². The zero-order valence-corrected chi connectivity index (χ0v) is 12.1. The zero-order valence-electron chi connectivity index (χ0n) is 11.3. The fourth-order valence-corrected chi connectivity index (χ4v) is 3.37. The fraction of sp³-hybridized carbons (Fsp3) is 0.538. The summed E-state index contributed by atoms with van der Waals surface area (Å²) in [4.78, 5) is 2.28. The number of nitrogens with two attached hydrogens (primary N) is 1. The van der Waals surface area contributed by atoms with E-state index in [1.807, 2.05) is 0 Å². The summed E-state index contributed by atoms with van der Waals surface area (Å²) in [6.45, 7) is 3.08. The van der Waals surface area contributed by atoms with Gasteiger partial charge in [-0.05, 0) is 44.1 Å². The van der Waals surface area contributed by atoms with E-state index in [1.165, 1.54) is 25.0 Å². The normalized spacial score (nSPS) is 16.7. The molecular weight excluding hydrogens is 281 g/mol. The molecule has 1 aliphatic rings. The van der Waals surface area contributed by atoms with Gasteiger partial charge in [-0.15, -0.1) is 0 Å². The van der Waals surface area contributed by atoms with Gasteiger partial charge in [-0.25, -0.2) is 17.5 Å². The predicted octanol–water partition coefficient (Wildman–Crippen LogP) is 0.659. The van der Waals surface area contributed by atoms with Gasteiger partial charge < -0.3 is 10.6 Å². The zero-order chi connectivity index (χ0) is 14.6.